The first-order valence-electron chi connectivity index (χ1n) is 6.53. The molecule has 0 amide bonds. The van der Waals surface area contributed by atoms with Crippen molar-refractivity contribution in [3.05, 3.63) is 64.2 Å². The monoisotopic (exact) mass is 287 g/mol. The summed E-state index contributed by atoms with van der Waals surface area (Å²) < 4.78 is 0. The van der Waals surface area contributed by atoms with Gasteiger partial charge in [-0.15, -0.1) is 0 Å². The topological polar surface area (TPSA) is 20.3 Å². The molecule has 2 nitrogen and oxygen atoms in total. The van der Waals surface area contributed by atoms with Crippen LogP contribution in [-0.2, 0) is 6.42 Å². The van der Waals surface area contributed by atoms with Crippen LogP contribution in [0.3, 0.4) is 0 Å². The van der Waals surface area contributed by atoms with Crippen molar-refractivity contribution in [1.29, 1.82) is 0 Å². The van der Waals surface area contributed by atoms with Crippen LogP contribution in [0.2, 0.25) is 5.02 Å². The smallest absolute Gasteiger partial charge is 0.167 e. The molecule has 0 bridgehead atoms. The molecule has 3 heteroatoms. The minimum atomic E-state index is 0.0843. The first-order valence-corrected chi connectivity index (χ1v) is 6.91. The summed E-state index contributed by atoms with van der Waals surface area (Å²) in [4.78, 5) is 14.3. The Labute approximate surface area is 125 Å². The van der Waals surface area contributed by atoms with Crippen LogP contribution >= 0.6 is 11.6 Å². The molecule has 0 aliphatic carbocycles. The van der Waals surface area contributed by atoms with E-state index in [1.165, 1.54) is 0 Å². The number of hydrogen-bond donors (Lipinski definition) is 0. The van der Waals surface area contributed by atoms with E-state index in [0.717, 1.165) is 16.8 Å². The Morgan fingerprint density at radius 1 is 1.10 bits per heavy atom. The van der Waals surface area contributed by atoms with Crippen LogP contribution in [0, 0.1) is 6.92 Å². The second kappa shape index (κ2) is 6.10. The minimum absolute atomic E-state index is 0.0843. The number of carbonyl (C=O) groups excluding carboxylic acids is 1. The molecule has 0 aliphatic heterocycles. The number of nitrogens with zero attached hydrogens (tertiary/aromatic N) is 1. The highest BCUT2D eigenvalue weighted by atomic mass is 35.5. The highest BCUT2D eigenvalue weighted by Crippen LogP contribution is 2.20. The molecule has 0 aliphatic rings. The second-order valence-corrected chi connectivity index (χ2v) is 5.54. The molecule has 0 heterocycles. The highest BCUT2D eigenvalue weighted by molar-refractivity contribution is 6.31. The molecule has 104 valence electrons. The van der Waals surface area contributed by atoms with Crippen molar-refractivity contribution in [3.8, 4) is 0 Å². The van der Waals surface area contributed by atoms with Crippen LogP contribution < -0.4 is 4.90 Å². The van der Waals surface area contributed by atoms with Crippen molar-refractivity contribution >= 4 is 23.1 Å². The van der Waals surface area contributed by atoms with Gasteiger partial charge in [-0.25, -0.2) is 0 Å². The maximum atomic E-state index is 12.3. The number of Topliss-reactive ketones (excluding diaryl/α,β-unsaturated/α-hetero) is 1. The predicted molar refractivity (Wildman–Crippen MR) is 85.0 cm³/mol. The number of halogens is 1. The molecular formula is C17H18ClNO. The van der Waals surface area contributed by atoms with E-state index in [1.54, 1.807) is 0 Å². The lowest BCUT2D eigenvalue weighted by Gasteiger charge is -2.12. The number of hydrogen-bond acceptors (Lipinski definition) is 2. The van der Waals surface area contributed by atoms with Gasteiger partial charge in [-0.05, 0) is 48.4 Å². The van der Waals surface area contributed by atoms with Crippen LogP contribution in [0.4, 0.5) is 5.69 Å². The highest BCUT2D eigenvalue weighted by Gasteiger charge is 2.10. The summed E-state index contributed by atoms with van der Waals surface area (Å²) >= 11 is 6.17. The molecule has 2 rings (SSSR count). The van der Waals surface area contributed by atoms with Gasteiger partial charge >= 0.3 is 0 Å². The SMILES string of the molecule is Cc1ccc(CC(=O)c2ccc(N(C)C)cc2)c(Cl)c1. The zero-order valence-electron chi connectivity index (χ0n) is 12.0. The molecule has 2 aromatic carbocycles. The molecular weight excluding hydrogens is 270 g/mol. The quantitative estimate of drug-likeness (QED) is 0.788. The van der Waals surface area contributed by atoms with E-state index in [0.29, 0.717) is 17.0 Å². The minimum Gasteiger partial charge on any atom is -0.378 e. The van der Waals surface area contributed by atoms with Crippen LogP contribution in [0.1, 0.15) is 21.5 Å². The van der Waals surface area contributed by atoms with Crippen LogP contribution in [-0.4, -0.2) is 19.9 Å². The van der Waals surface area contributed by atoms with E-state index in [2.05, 4.69) is 0 Å². The Morgan fingerprint density at radius 3 is 2.30 bits per heavy atom. The normalized spacial score (nSPS) is 10.4. The summed E-state index contributed by atoms with van der Waals surface area (Å²) in [5.74, 6) is 0.0843. The van der Waals surface area contributed by atoms with Gasteiger partial charge in [0.05, 0.1) is 0 Å². The Hall–Kier alpha value is -1.80. The Kier molecular flexibility index (Phi) is 4.46. The molecule has 0 fully saturated rings. The molecule has 0 unspecified atom stereocenters. The van der Waals surface area contributed by atoms with Gasteiger partial charge in [0, 0.05) is 36.8 Å². The Bertz CT molecular complexity index is 617. The largest absolute Gasteiger partial charge is 0.378 e. The average molecular weight is 288 g/mol. The Balaban J connectivity index is 2.15. The van der Waals surface area contributed by atoms with E-state index in [1.807, 2.05) is 68.4 Å². The lowest BCUT2D eigenvalue weighted by molar-refractivity contribution is 0.0993. The first-order chi connectivity index (χ1) is 9.47. The molecule has 0 spiro atoms. The lowest BCUT2D eigenvalue weighted by Crippen LogP contribution is -2.09. The predicted octanol–water partition coefficient (Wildman–Crippen LogP) is 4.14. The molecule has 0 saturated carbocycles. The van der Waals surface area contributed by atoms with Gasteiger partial charge in [0.2, 0.25) is 0 Å². The molecule has 0 radical (unpaired) electrons. The van der Waals surface area contributed by atoms with Crippen LogP contribution in [0.5, 0.6) is 0 Å². The van der Waals surface area contributed by atoms with Crippen molar-refractivity contribution in [2.24, 2.45) is 0 Å². The van der Waals surface area contributed by atoms with Crippen molar-refractivity contribution in [2.45, 2.75) is 13.3 Å². The number of carbonyl (C=O) groups is 1. The number of aryl methyl sites for hydroxylation is 1. The van der Waals surface area contributed by atoms with Gasteiger partial charge in [-0.1, -0.05) is 23.7 Å². The molecule has 0 saturated heterocycles. The summed E-state index contributed by atoms with van der Waals surface area (Å²) in [6.07, 6.45) is 0.334. The zero-order chi connectivity index (χ0) is 14.7. The number of benzene rings is 2. The van der Waals surface area contributed by atoms with Crippen molar-refractivity contribution in [3.63, 3.8) is 0 Å². The summed E-state index contributed by atoms with van der Waals surface area (Å²) in [5.41, 5.74) is 3.77. The third kappa shape index (κ3) is 3.40. The number of ketones is 1. The van der Waals surface area contributed by atoms with Crippen molar-refractivity contribution in [2.75, 3.05) is 19.0 Å². The maximum absolute atomic E-state index is 12.3. The van der Waals surface area contributed by atoms with Crippen LogP contribution in [0.15, 0.2) is 42.5 Å². The van der Waals surface area contributed by atoms with Gasteiger partial charge in [-0.3, -0.25) is 4.79 Å². The molecule has 2 aromatic rings. The third-order valence-electron chi connectivity index (χ3n) is 3.27. The van der Waals surface area contributed by atoms with E-state index < -0.39 is 0 Å². The fourth-order valence-electron chi connectivity index (χ4n) is 2.02. The summed E-state index contributed by atoms with van der Waals surface area (Å²) in [7, 11) is 3.95. The van der Waals surface area contributed by atoms with Crippen molar-refractivity contribution < 1.29 is 4.79 Å². The van der Waals surface area contributed by atoms with Gasteiger partial charge in [0.15, 0.2) is 5.78 Å². The van der Waals surface area contributed by atoms with Crippen molar-refractivity contribution in [1.82, 2.24) is 0 Å². The number of anilines is 1. The second-order valence-electron chi connectivity index (χ2n) is 5.14. The first kappa shape index (κ1) is 14.6. The van der Waals surface area contributed by atoms with Gasteiger partial charge in [-0.2, -0.15) is 0 Å². The summed E-state index contributed by atoms with van der Waals surface area (Å²) in [6.45, 7) is 1.98. The molecule has 0 aromatic heterocycles. The standard InChI is InChI=1S/C17H18ClNO/c1-12-4-5-14(16(18)10-12)11-17(20)13-6-8-15(9-7-13)19(2)3/h4-10H,11H2,1-3H3. The van der Waals surface area contributed by atoms with Gasteiger partial charge in [0.1, 0.15) is 0 Å². The molecule has 20 heavy (non-hydrogen) atoms. The van der Waals surface area contributed by atoms with E-state index in [-0.39, 0.29) is 5.78 Å². The lowest BCUT2D eigenvalue weighted by atomic mass is 10.0. The fraction of sp³-hybridized carbons (Fsp3) is 0.235. The fourth-order valence-corrected chi connectivity index (χ4v) is 2.32. The maximum Gasteiger partial charge on any atom is 0.167 e. The van der Waals surface area contributed by atoms with E-state index >= 15 is 0 Å². The Morgan fingerprint density at radius 2 is 1.75 bits per heavy atom. The van der Waals surface area contributed by atoms with Gasteiger partial charge in [0.25, 0.3) is 0 Å². The van der Waals surface area contributed by atoms with Gasteiger partial charge < -0.3 is 4.90 Å². The third-order valence-corrected chi connectivity index (χ3v) is 3.62. The average Bonchev–Trinajstić information content (AvgIpc) is 2.42. The van der Waals surface area contributed by atoms with Crippen LogP contribution in [0.25, 0.3) is 0 Å². The molecule has 0 atom stereocenters. The number of rotatable bonds is 4. The van der Waals surface area contributed by atoms with E-state index in [9.17, 15) is 4.79 Å². The zero-order valence-corrected chi connectivity index (χ0v) is 12.7. The summed E-state index contributed by atoms with van der Waals surface area (Å²) in [6, 6.07) is 13.4. The van der Waals surface area contributed by atoms with E-state index in [4.69, 9.17) is 11.6 Å². The summed E-state index contributed by atoms with van der Waals surface area (Å²) in [5, 5.41) is 0.656. The molecule has 0 N–H and O–H groups in total.